The number of nitrogens with zero attached hydrogens (tertiary/aromatic N) is 1. The molecule has 1 atom stereocenters. The van der Waals surface area contributed by atoms with Crippen molar-refractivity contribution in [3.63, 3.8) is 0 Å². The highest BCUT2D eigenvalue weighted by Gasteiger charge is 2.20. The van der Waals surface area contributed by atoms with Crippen molar-refractivity contribution in [2.75, 3.05) is 24.6 Å². The van der Waals surface area contributed by atoms with Gasteiger partial charge in [-0.3, -0.25) is 9.00 Å². The fraction of sp³-hybridized carbons (Fsp3) is 0.462. The van der Waals surface area contributed by atoms with E-state index in [1.54, 1.807) is 18.2 Å². The number of piperidine rings is 1. The third kappa shape index (κ3) is 3.79. The molecule has 1 aliphatic rings. The molecule has 2 rings (SSSR count). The molecule has 1 heterocycles. The number of nitrogens with two attached hydrogens (primary N) is 1. The third-order valence-electron chi connectivity index (χ3n) is 3.16. The van der Waals surface area contributed by atoms with Gasteiger partial charge in [-0.05, 0) is 53.4 Å². The van der Waals surface area contributed by atoms with Crippen molar-refractivity contribution in [2.24, 2.45) is 0 Å². The number of likely N-dealkylation sites (tertiary alicyclic amines) is 1. The summed E-state index contributed by atoms with van der Waals surface area (Å²) in [6.07, 6.45) is 3.27. The van der Waals surface area contributed by atoms with E-state index in [0.717, 1.165) is 25.9 Å². The van der Waals surface area contributed by atoms with E-state index in [1.165, 1.54) is 6.42 Å². The van der Waals surface area contributed by atoms with Crippen molar-refractivity contribution in [1.29, 1.82) is 0 Å². The van der Waals surface area contributed by atoms with E-state index in [4.69, 9.17) is 5.73 Å². The van der Waals surface area contributed by atoms with Gasteiger partial charge in [0, 0.05) is 23.2 Å². The van der Waals surface area contributed by atoms with Gasteiger partial charge in [-0.25, -0.2) is 0 Å². The van der Waals surface area contributed by atoms with Crippen LogP contribution in [0.4, 0.5) is 5.69 Å². The van der Waals surface area contributed by atoms with Gasteiger partial charge in [-0.2, -0.15) is 0 Å². The van der Waals surface area contributed by atoms with Crippen LogP contribution in [0.2, 0.25) is 0 Å². The summed E-state index contributed by atoms with van der Waals surface area (Å²) in [6.45, 7) is 1.58. The summed E-state index contributed by atoms with van der Waals surface area (Å²) in [5.41, 5.74) is 6.25. The molecule has 0 aromatic heterocycles. The molecule has 2 N–H and O–H groups in total. The number of amides is 1. The van der Waals surface area contributed by atoms with E-state index in [-0.39, 0.29) is 11.7 Å². The number of carbonyl (C=O) groups excluding carboxylic acids is 1. The summed E-state index contributed by atoms with van der Waals surface area (Å²) in [4.78, 5) is 14.5. The minimum absolute atomic E-state index is 0.0261. The largest absolute Gasteiger partial charge is 0.399 e. The van der Waals surface area contributed by atoms with E-state index in [0.29, 0.717) is 15.1 Å². The van der Waals surface area contributed by atoms with Crippen LogP contribution in [0.25, 0.3) is 0 Å². The lowest BCUT2D eigenvalue weighted by atomic mass is 10.1. The lowest BCUT2D eigenvalue weighted by Gasteiger charge is -2.26. The Bertz CT molecular complexity index is 501. The molecule has 0 radical (unpaired) electrons. The first-order chi connectivity index (χ1) is 9.08. The van der Waals surface area contributed by atoms with E-state index in [9.17, 15) is 9.00 Å². The Morgan fingerprint density at radius 2 is 2.00 bits per heavy atom. The summed E-state index contributed by atoms with van der Waals surface area (Å²) >= 11 is 3.34. The van der Waals surface area contributed by atoms with E-state index in [2.05, 4.69) is 15.9 Å². The molecule has 19 heavy (non-hydrogen) atoms. The molecule has 1 aromatic carbocycles. The first-order valence-corrected chi connectivity index (χ1v) is 8.40. The second kappa shape index (κ2) is 6.52. The van der Waals surface area contributed by atoms with Crippen molar-refractivity contribution in [3.05, 3.63) is 22.7 Å². The van der Waals surface area contributed by atoms with Crippen LogP contribution in [-0.2, 0) is 15.6 Å². The SMILES string of the molecule is Nc1ccc(S(=O)CC(=O)N2CCCCC2)c(Br)c1. The van der Waals surface area contributed by atoms with E-state index in [1.807, 2.05) is 4.90 Å². The van der Waals surface area contributed by atoms with Crippen LogP contribution in [-0.4, -0.2) is 33.9 Å². The van der Waals surface area contributed by atoms with E-state index < -0.39 is 10.8 Å². The summed E-state index contributed by atoms with van der Waals surface area (Å²) in [7, 11) is -1.33. The molecule has 1 amide bonds. The monoisotopic (exact) mass is 344 g/mol. The first kappa shape index (κ1) is 14.5. The van der Waals surface area contributed by atoms with Crippen molar-refractivity contribution in [3.8, 4) is 0 Å². The van der Waals surface area contributed by atoms with Crippen molar-refractivity contribution in [1.82, 2.24) is 4.90 Å². The highest BCUT2D eigenvalue weighted by Crippen LogP contribution is 2.23. The van der Waals surface area contributed by atoms with E-state index >= 15 is 0 Å². The predicted molar refractivity (Wildman–Crippen MR) is 80.3 cm³/mol. The van der Waals surface area contributed by atoms with Crippen LogP contribution >= 0.6 is 15.9 Å². The van der Waals surface area contributed by atoms with Gasteiger partial charge >= 0.3 is 0 Å². The summed E-state index contributed by atoms with van der Waals surface area (Å²) < 4.78 is 12.9. The van der Waals surface area contributed by atoms with Gasteiger partial charge in [0.1, 0.15) is 5.75 Å². The molecule has 1 fully saturated rings. The molecule has 0 spiro atoms. The minimum Gasteiger partial charge on any atom is -0.399 e. The van der Waals surface area contributed by atoms with Gasteiger partial charge < -0.3 is 10.6 Å². The van der Waals surface area contributed by atoms with Crippen LogP contribution in [0.15, 0.2) is 27.6 Å². The fourth-order valence-electron chi connectivity index (χ4n) is 2.13. The maximum Gasteiger partial charge on any atom is 0.235 e. The molecule has 1 unspecified atom stereocenters. The normalized spacial score (nSPS) is 17.2. The molecule has 0 aliphatic carbocycles. The van der Waals surface area contributed by atoms with Gasteiger partial charge in [-0.1, -0.05) is 0 Å². The first-order valence-electron chi connectivity index (χ1n) is 6.29. The van der Waals surface area contributed by atoms with Gasteiger partial charge in [-0.15, -0.1) is 0 Å². The smallest absolute Gasteiger partial charge is 0.235 e. The number of halogens is 1. The highest BCUT2D eigenvalue weighted by molar-refractivity contribution is 9.10. The molecule has 1 aromatic rings. The summed E-state index contributed by atoms with van der Waals surface area (Å²) in [5.74, 6) is 0.0180. The third-order valence-corrected chi connectivity index (χ3v) is 5.44. The maximum absolute atomic E-state index is 12.2. The average Bonchev–Trinajstić information content (AvgIpc) is 2.39. The number of benzene rings is 1. The predicted octanol–water partition coefficient (Wildman–Crippen LogP) is 2.15. The second-order valence-corrected chi connectivity index (χ2v) is 6.90. The zero-order valence-corrected chi connectivity index (χ0v) is 13.0. The molecule has 1 saturated heterocycles. The van der Waals surface area contributed by atoms with Crippen LogP contribution in [0.1, 0.15) is 19.3 Å². The Morgan fingerprint density at radius 3 is 2.63 bits per heavy atom. The number of anilines is 1. The summed E-state index contributed by atoms with van der Waals surface area (Å²) in [5, 5.41) is 0. The lowest BCUT2D eigenvalue weighted by Crippen LogP contribution is -2.38. The Balaban J connectivity index is 2.02. The maximum atomic E-state index is 12.2. The molecule has 104 valence electrons. The second-order valence-electron chi connectivity index (χ2n) is 4.62. The molecule has 0 saturated carbocycles. The van der Waals surface area contributed by atoms with Crippen LogP contribution in [0.5, 0.6) is 0 Å². The number of carbonyl (C=O) groups is 1. The number of nitrogen functional groups attached to an aromatic ring is 1. The number of rotatable bonds is 3. The zero-order chi connectivity index (χ0) is 13.8. The van der Waals surface area contributed by atoms with Gasteiger partial charge in [0.15, 0.2) is 0 Å². The molecular formula is C13H17BrN2O2S. The van der Waals surface area contributed by atoms with Crippen molar-refractivity contribution in [2.45, 2.75) is 24.2 Å². The number of hydrogen-bond donors (Lipinski definition) is 1. The van der Waals surface area contributed by atoms with Gasteiger partial charge in [0.25, 0.3) is 0 Å². The fourth-order valence-corrected chi connectivity index (χ4v) is 4.12. The van der Waals surface area contributed by atoms with Gasteiger partial charge in [0.2, 0.25) is 5.91 Å². The highest BCUT2D eigenvalue weighted by atomic mass is 79.9. The van der Waals surface area contributed by atoms with Crippen molar-refractivity contribution < 1.29 is 9.00 Å². The van der Waals surface area contributed by atoms with Crippen molar-refractivity contribution >= 4 is 38.3 Å². The molecular weight excluding hydrogens is 328 g/mol. The Hall–Kier alpha value is -0.880. The summed E-state index contributed by atoms with van der Waals surface area (Å²) in [6, 6.07) is 5.11. The molecule has 4 nitrogen and oxygen atoms in total. The van der Waals surface area contributed by atoms with Crippen LogP contribution in [0.3, 0.4) is 0 Å². The number of hydrogen-bond acceptors (Lipinski definition) is 3. The minimum atomic E-state index is -1.33. The quantitative estimate of drug-likeness (QED) is 0.854. The molecule has 6 heteroatoms. The standard InChI is InChI=1S/C13H17BrN2O2S/c14-11-8-10(15)4-5-12(11)19(18)9-13(17)16-6-2-1-3-7-16/h4-5,8H,1-3,6-7,9,15H2. The van der Waals surface area contributed by atoms with Gasteiger partial charge in [0.05, 0.1) is 15.7 Å². The zero-order valence-electron chi connectivity index (χ0n) is 10.6. The Morgan fingerprint density at radius 1 is 1.32 bits per heavy atom. The van der Waals surface area contributed by atoms with Crippen LogP contribution in [0, 0.1) is 0 Å². The Kier molecular flexibility index (Phi) is 4.99. The molecule has 1 aliphatic heterocycles. The van der Waals surface area contributed by atoms with Crippen LogP contribution < -0.4 is 5.73 Å². The molecule has 0 bridgehead atoms. The average molecular weight is 345 g/mol. The lowest BCUT2D eigenvalue weighted by molar-refractivity contribution is -0.129. The topological polar surface area (TPSA) is 63.4 Å². The Labute approximate surface area is 123 Å².